The molecule has 10 N–H and O–H groups in total. The van der Waals surface area contributed by atoms with Gasteiger partial charge in [0.25, 0.3) is 0 Å². The molecule has 12 nitrogen and oxygen atoms in total. The number of amides is 3. The van der Waals surface area contributed by atoms with Gasteiger partial charge >= 0.3 is 5.97 Å². The molecule has 0 aliphatic heterocycles. The lowest BCUT2D eigenvalue weighted by Crippen LogP contribution is -2.70. The molecule has 25 heavy (non-hydrogen) atoms. The molecule has 0 aromatic carbocycles. The van der Waals surface area contributed by atoms with Gasteiger partial charge in [-0.1, -0.05) is 0 Å². The zero-order valence-electron chi connectivity index (χ0n) is 13.7. The molecular weight excluding hydrogens is 338 g/mol. The number of hydrogen-bond acceptors (Lipinski definition) is 9. The van der Waals surface area contributed by atoms with Crippen LogP contribution in [0.3, 0.4) is 0 Å². The van der Waals surface area contributed by atoms with E-state index in [1.54, 1.807) is 0 Å². The summed E-state index contributed by atoms with van der Waals surface area (Å²) in [6, 6.07) is -3.10. The number of carbonyl (C=O) groups is 5. The van der Waals surface area contributed by atoms with Gasteiger partial charge in [-0.05, 0) is 13.3 Å². The van der Waals surface area contributed by atoms with Crippen molar-refractivity contribution in [2.45, 2.75) is 37.4 Å². The van der Waals surface area contributed by atoms with E-state index in [2.05, 4.69) is 0 Å². The van der Waals surface area contributed by atoms with Gasteiger partial charge < -0.3 is 33.1 Å². The summed E-state index contributed by atoms with van der Waals surface area (Å²) in [6.45, 7) is -0.612. The van der Waals surface area contributed by atoms with E-state index < -0.39 is 73.1 Å². The third-order valence-electron chi connectivity index (χ3n) is 3.45. The Hall–Kier alpha value is -2.41. The summed E-state index contributed by atoms with van der Waals surface area (Å²) in [6.07, 6.45) is -1.45. The van der Waals surface area contributed by atoms with Crippen LogP contribution in [-0.2, 0) is 24.0 Å². The summed E-state index contributed by atoms with van der Waals surface area (Å²) < 4.78 is 0. The van der Waals surface area contributed by atoms with Gasteiger partial charge in [-0.3, -0.25) is 24.1 Å². The van der Waals surface area contributed by atoms with Gasteiger partial charge in [0.15, 0.2) is 5.78 Å². The lowest BCUT2D eigenvalue weighted by molar-refractivity contribution is -0.172. The summed E-state index contributed by atoms with van der Waals surface area (Å²) in [5.41, 5.74) is 18.2. The molecule has 0 bridgehead atoms. The first kappa shape index (κ1) is 22.6. The predicted molar refractivity (Wildman–Crippen MR) is 83.4 cm³/mol. The zero-order valence-corrected chi connectivity index (χ0v) is 13.7. The molecule has 0 radical (unpaired) electrons. The molecule has 0 spiro atoms. The number of hydrogen-bond donors (Lipinski definition) is 6. The van der Waals surface area contributed by atoms with Crippen LogP contribution in [0.15, 0.2) is 0 Å². The smallest absolute Gasteiger partial charge is 0.338 e. The summed E-state index contributed by atoms with van der Waals surface area (Å²) in [5.74, 6) is -6.69. The minimum atomic E-state index is -2.83. The molecule has 0 fully saturated rings. The number of imide groups is 1. The average Bonchev–Trinajstić information content (AvgIpc) is 2.55. The molecular formula is C13H23N5O7. The number of ketones is 1. The predicted octanol–water partition coefficient (Wildman–Crippen LogP) is -4.37. The molecule has 12 heteroatoms. The van der Waals surface area contributed by atoms with E-state index in [0.29, 0.717) is 0 Å². The number of aliphatic carboxylic acids is 1. The average molecular weight is 361 g/mol. The van der Waals surface area contributed by atoms with Crippen LogP contribution in [0.25, 0.3) is 0 Å². The minimum Gasteiger partial charge on any atom is -0.479 e. The molecule has 0 heterocycles. The second-order valence-corrected chi connectivity index (χ2v) is 5.35. The van der Waals surface area contributed by atoms with Gasteiger partial charge in [0.1, 0.15) is 6.04 Å². The molecule has 3 amide bonds. The van der Waals surface area contributed by atoms with E-state index in [0.717, 1.165) is 6.92 Å². The van der Waals surface area contributed by atoms with Crippen molar-refractivity contribution in [3.63, 3.8) is 0 Å². The van der Waals surface area contributed by atoms with E-state index in [1.165, 1.54) is 0 Å². The number of aliphatic hydroxyl groups is 1. The SMILES string of the molecule is CC(N)C(=O)C(CCC(N)=O)(C(=O)O)N(C(=O)CN)C(=O)C(N)CO. The third-order valence-corrected chi connectivity index (χ3v) is 3.45. The highest BCUT2D eigenvalue weighted by molar-refractivity contribution is 6.17. The van der Waals surface area contributed by atoms with Gasteiger partial charge in [0.2, 0.25) is 23.3 Å². The van der Waals surface area contributed by atoms with Crippen LogP contribution in [0.5, 0.6) is 0 Å². The van der Waals surface area contributed by atoms with Crippen molar-refractivity contribution in [2.24, 2.45) is 22.9 Å². The first-order chi connectivity index (χ1) is 11.5. The Morgan fingerprint density at radius 1 is 1.16 bits per heavy atom. The van der Waals surface area contributed by atoms with E-state index in [4.69, 9.17) is 28.0 Å². The van der Waals surface area contributed by atoms with Gasteiger partial charge in [0, 0.05) is 6.42 Å². The highest BCUT2D eigenvalue weighted by Gasteiger charge is 2.56. The van der Waals surface area contributed by atoms with Crippen LogP contribution in [0, 0.1) is 0 Å². The van der Waals surface area contributed by atoms with Crippen LogP contribution < -0.4 is 22.9 Å². The molecule has 0 rings (SSSR count). The second kappa shape index (κ2) is 9.17. The van der Waals surface area contributed by atoms with Gasteiger partial charge in [-0.25, -0.2) is 4.79 Å². The first-order valence-electron chi connectivity index (χ1n) is 7.22. The van der Waals surface area contributed by atoms with Crippen molar-refractivity contribution < 1.29 is 34.2 Å². The molecule has 0 aliphatic carbocycles. The number of carbonyl (C=O) groups excluding carboxylic acids is 4. The molecule has 0 aromatic heterocycles. The van der Waals surface area contributed by atoms with Gasteiger partial charge in [-0.2, -0.15) is 0 Å². The Labute approximate surface area is 143 Å². The van der Waals surface area contributed by atoms with Crippen molar-refractivity contribution in [3.8, 4) is 0 Å². The zero-order chi connectivity index (χ0) is 19.9. The Balaban J connectivity index is 6.54. The van der Waals surface area contributed by atoms with E-state index in [9.17, 15) is 29.1 Å². The monoisotopic (exact) mass is 361 g/mol. The molecule has 3 atom stereocenters. The fraction of sp³-hybridized carbons (Fsp3) is 0.615. The number of nitrogens with zero attached hydrogens (tertiary/aromatic N) is 1. The fourth-order valence-electron chi connectivity index (χ4n) is 2.19. The maximum absolute atomic E-state index is 12.5. The van der Waals surface area contributed by atoms with Crippen molar-refractivity contribution in [1.29, 1.82) is 0 Å². The Morgan fingerprint density at radius 3 is 2.00 bits per heavy atom. The highest BCUT2D eigenvalue weighted by Crippen LogP contribution is 2.26. The van der Waals surface area contributed by atoms with Crippen molar-refractivity contribution >= 4 is 29.5 Å². The largest absolute Gasteiger partial charge is 0.479 e. The highest BCUT2D eigenvalue weighted by atomic mass is 16.4. The van der Waals surface area contributed by atoms with Crippen LogP contribution in [0.1, 0.15) is 19.8 Å². The molecule has 0 aromatic rings. The van der Waals surface area contributed by atoms with Crippen molar-refractivity contribution in [1.82, 2.24) is 4.90 Å². The molecule has 0 saturated carbocycles. The Kier molecular flexibility index (Phi) is 8.29. The van der Waals surface area contributed by atoms with Crippen LogP contribution in [0.2, 0.25) is 0 Å². The summed E-state index contributed by atoms with van der Waals surface area (Å²) in [4.78, 5) is 60.2. The van der Waals surface area contributed by atoms with Crippen molar-refractivity contribution in [2.75, 3.05) is 13.2 Å². The van der Waals surface area contributed by atoms with Crippen LogP contribution in [0.4, 0.5) is 0 Å². The molecule has 3 unspecified atom stereocenters. The number of nitrogens with two attached hydrogens (primary N) is 4. The lowest BCUT2D eigenvalue weighted by atomic mass is 9.82. The summed E-state index contributed by atoms with van der Waals surface area (Å²) in [7, 11) is 0. The molecule has 0 saturated heterocycles. The van der Waals surface area contributed by atoms with Crippen molar-refractivity contribution in [3.05, 3.63) is 0 Å². The second-order valence-electron chi connectivity index (χ2n) is 5.35. The maximum Gasteiger partial charge on any atom is 0.338 e. The van der Waals surface area contributed by atoms with E-state index >= 15 is 0 Å². The van der Waals surface area contributed by atoms with Gasteiger partial charge in [0.05, 0.1) is 19.2 Å². The van der Waals surface area contributed by atoms with Crippen LogP contribution in [-0.4, -0.2) is 75.4 Å². The number of carboxylic acids is 1. The number of primary amides is 1. The van der Waals surface area contributed by atoms with E-state index in [-0.39, 0.29) is 4.90 Å². The molecule has 0 aliphatic rings. The van der Waals surface area contributed by atoms with Crippen LogP contribution >= 0.6 is 0 Å². The number of aliphatic hydroxyl groups excluding tert-OH is 1. The number of rotatable bonds is 10. The topological polar surface area (TPSA) is 233 Å². The quantitative estimate of drug-likeness (QED) is 0.204. The maximum atomic E-state index is 12.5. The number of carboxylic acid groups (broad SMARTS) is 1. The Morgan fingerprint density at radius 2 is 1.68 bits per heavy atom. The standard InChI is InChI=1S/C13H23N5O7/c1-6(15)10(22)13(12(24)25,3-2-8(17)20)18(9(21)4-14)11(23)7(16)5-19/h6-7,19H,2-5,14-16H2,1H3,(H2,17,20)(H,24,25). The minimum absolute atomic E-state index is 0.0604. The number of Topliss-reactive ketones (excluding diaryl/α,β-unsaturated/α-hetero) is 1. The fourth-order valence-corrected chi connectivity index (χ4v) is 2.19. The lowest BCUT2D eigenvalue weighted by Gasteiger charge is -2.39. The normalized spacial score (nSPS) is 15.6. The summed E-state index contributed by atoms with van der Waals surface area (Å²) in [5, 5.41) is 18.7. The molecule has 142 valence electrons. The third kappa shape index (κ3) is 4.79. The Bertz CT molecular complexity index is 565. The first-order valence-corrected chi connectivity index (χ1v) is 7.22. The van der Waals surface area contributed by atoms with Gasteiger partial charge in [-0.15, -0.1) is 0 Å². The summed E-state index contributed by atoms with van der Waals surface area (Å²) >= 11 is 0. The van der Waals surface area contributed by atoms with E-state index in [1.807, 2.05) is 0 Å².